The van der Waals surface area contributed by atoms with E-state index in [2.05, 4.69) is 36.2 Å². The van der Waals surface area contributed by atoms with E-state index >= 15 is 0 Å². The first-order chi connectivity index (χ1) is 5.38. The van der Waals surface area contributed by atoms with Gasteiger partial charge in [-0.05, 0) is 18.1 Å². The van der Waals surface area contributed by atoms with Gasteiger partial charge in [-0.1, -0.05) is 24.3 Å². The van der Waals surface area contributed by atoms with Crippen LogP contribution in [0.4, 0.5) is 0 Å². The molecule has 0 bridgehead atoms. The zero-order chi connectivity index (χ0) is 7.68. The van der Waals surface area contributed by atoms with Gasteiger partial charge in [-0.3, -0.25) is 4.99 Å². The molecule has 0 saturated carbocycles. The van der Waals surface area contributed by atoms with E-state index in [-0.39, 0.29) is 0 Å². The first kappa shape index (κ1) is 6.59. The van der Waals surface area contributed by atoms with Crippen molar-refractivity contribution >= 4 is 6.21 Å². The summed E-state index contributed by atoms with van der Waals surface area (Å²) in [6.07, 6.45) is 11.6. The third-order valence-corrected chi connectivity index (χ3v) is 2.11. The fourth-order valence-corrected chi connectivity index (χ4v) is 1.49. The van der Waals surface area contributed by atoms with Crippen LogP contribution in [0.5, 0.6) is 0 Å². The van der Waals surface area contributed by atoms with Gasteiger partial charge in [-0.15, -0.1) is 0 Å². The molecule has 2 aliphatic rings. The number of aliphatic imine (C=N–C) groups is 1. The van der Waals surface area contributed by atoms with Crippen LogP contribution in [0.1, 0.15) is 13.3 Å². The summed E-state index contributed by atoms with van der Waals surface area (Å²) in [7, 11) is 0. The highest BCUT2D eigenvalue weighted by atomic mass is 14.8. The van der Waals surface area contributed by atoms with Gasteiger partial charge in [0, 0.05) is 12.6 Å². The summed E-state index contributed by atoms with van der Waals surface area (Å²) in [6.45, 7) is 2.13. The molecule has 0 N–H and O–H groups in total. The lowest BCUT2D eigenvalue weighted by atomic mass is 9.93. The van der Waals surface area contributed by atoms with Gasteiger partial charge >= 0.3 is 0 Å². The van der Waals surface area contributed by atoms with Gasteiger partial charge < -0.3 is 0 Å². The summed E-state index contributed by atoms with van der Waals surface area (Å²) < 4.78 is 0. The molecule has 11 heavy (non-hydrogen) atoms. The van der Waals surface area contributed by atoms with Gasteiger partial charge in [0.2, 0.25) is 0 Å². The van der Waals surface area contributed by atoms with E-state index in [1.165, 1.54) is 11.1 Å². The first-order valence-electron chi connectivity index (χ1n) is 3.94. The average molecular weight is 145 g/mol. The van der Waals surface area contributed by atoms with E-state index in [0.717, 1.165) is 6.42 Å². The van der Waals surface area contributed by atoms with E-state index in [9.17, 15) is 0 Å². The Labute approximate surface area is 66.8 Å². The molecule has 0 amide bonds. The maximum atomic E-state index is 4.42. The number of nitrogens with zero attached hydrogens (tertiary/aromatic N) is 1. The number of hydrogen-bond donors (Lipinski definition) is 0. The molecule has 1 aliphatic heterocycles. The summed E-state index contributed by atoms with van der Waals surface area (Å²) in [5.74, 6) is 0. The zero-order valence-corrected chi connectivity index (χ0v) is 6.62. The maximum absolute atomic E-state index is 4.42. The average Bonchev–Trinajstić information content (AvgIpc) is 2.06. The number of dihydropyridines is 1. The van der Waals surface area contributed by atoms with Crippen LogP contribution in [-0.2, 0) is 0 Å². The number of fused-ring (bicyclic) bond motifs is 1. The second kappa shape index (κ2) is 2.50. The van der Waals surface area contributed by atoms with Crippen molar-refractivity contribution in [1.82, 2.24) is 0 Å². The molecule has 0 saturated heterocycles. The van der Waals surface area contributed by atoms with Gasteiger partial charge in [0.05, 0.1) is 6.04 Å². The van der Waals surface area contributed by atoms with Gasteiger partial charge in [0.1, 0.15) is 0 Å². The molecule has 2 rings (SSSR count). The molecule has 1 atom stereocenters. The molecular weight excluding hydrogens is 134 g/mol. The zero-order valence-electron chi connectivity index (χ0n) is 6.62. The Morgan fingerprint density at radius 1 is 1.55 bits per heavy atom. The van der Waals surface area contributed by atoms with E-state index < -0.39 is 0 Å². The highest BCUT2D eigenvalue weighted by molar-refractivity contribution is 5.65. The van der Waals surface area contributed by atoms with E-state index in [1.54, 1.807) is 0 Å². The minimum atomic E-state index is 0.328. The van der Waals surface area contributed by atoms with Crippen molar-refractivity contribution in [3.05, 3.63) is 35.5 Å². The lowest BCUT2D eigenvalue weighted by molar-refractivity contribution is 0.885. The number of rotatable bonds is 0. The summed E-state index contributed by atoms with van der Waals surface area (Å²) >= 11 is 0. The van der Waals surface area contributed by atoms with Crippen molar-refractivity contribution in [2.45, 2.75) is 19.4 Å². The molecule has 0 aromatic carbocycles. The Morgan fingerprint density at radius 2 is 2.45 bits per heavy atom. The SMILES string of the molecule is CC1=CC=CC2=CCC=NC12. The van der Waals surface area contributed by atoms with Gasteiger partial charge in [-0.2, -0.15) is 0 Å². The second-order valence-electron chi connectivity index (χ2n) is 2.94. The molecule has 1 unspecified atom stereocenters. The Balaban J connectivity index is 2.37. The van der Waals surface area contributed by atoms with E-state index in [0.29, 0.717) is 6.04 Å². The van der Waals surface area contributed by atoms with Gasteiger partial charge in [0.25, 0.3) is 0 Å². The first-order valence-corrected chi connectivity index (χ1v) is 3.94. The van der Waals surface area contributed by atoms with Crippen molar-refractivity contribution in [2.24, 2.45) is 4.99 Å². The third-order valence-electron chi connectivity index (χ3n) is 2.11. The number of hydrogen-bond acceptors (Lipinski definition) is 1. The molecule has 1 nitrogen and oxygen atoms in total. The predicted octanol–water partition coefficient (Wildman–Crippen LogP) is 2.27. The molecule has 1 heteroatoms. The monoisotopic (exact) mass is 145 g/mol. The second-order valence-corrected chi connectivity index (χ2v) is 2.94. The Kier molecular flexibility index (Phi) is 1.50. The largest absolute Gasteiger partial charge is 0.285 e. The van der Waals surface area contributed by atoms with Crippen LogP contribution >= 0.6 is 0 Å². The molecule has 56 valence electrons. The normalized spacial score (nSPS) is 27.5. The number of allylic oxidation sites excluding steroid dienone is 3. The van der Waals surface area contributed by atoms with Crippen molar-refractivity contribution in [3.8, 4) is 0 Å². The molecule has 0 spiro atoms. The highest BCUT2D eigenvalue weighted by Crippen LogP contribution is 2.23. The molecule has 0 radical (unpaired) electrons. The topological polar surface area (TPSA) is 12.4 Å². The van der Waals surface area contributed by atoms with Crippen molar-refractivity contribution in [3.63, 3.8) is 0 Å². The van der Waals surface area contributed by atoms with Crippen LogP contribution in [0.3, 0.4) is 0 Å². The Hall–Kier alpha value is -1.11. The van der Waals surface area contributed by atoms with Crippen LogP contribution in [0.15, 0.2) is 40.4 Å². The summed E-state index contributed by atoms with van der Waals surface area (Å²) in [4.78, 5) is 4.42. The molecule has 0 aromatic rings. The molecule has 1 heterocycles. The minimum absolute atomic E-state index is 0.328. The third kappa shape index (κ3) is 1.07. The van der Waals surface area contributed by atoms with Gasteiger partial charge in [-0.25, -0.2) is 0 Å². The lowest BCUT2D eigenvalue weighted by Gasteiger charge is -2.20. The van der Waals surface area contributed by atoms with Crippen molar-refractivity contribution in [2.75, 3.05) is 0 Å². The Bertz CT molecular complexity index is 279. The fraction of sp³-hybridized carbons (Fsp3) is 0.300. The standard InChI is InChI=1S/C10H11N/c1-8-4-2-5-9-6-3-7-11-10(8)9/h2,4-7,10H,3H2,1H3. The van der Waals surface area contributed by atoms with Gasteiger partial charge in [0.15, 0.2) is 0 Å². The maximum Gasteiger partial charge on any atom is 0.0953 e. The van der Waals surface area contributed by atoms with Crippen LogP contribution in [0.25, 0.3) is 0 Å². The van der Waals surface area contributed by atoms with Crippen molar-refractivity contribution in [1.29, 1.82) is 0 Å². The molecule has 0 aromatic heterocycles. The lowest BCUT2D eigenvalue weighted by Crippen LogP contribution is -2.14. The van der Waals surface area contributed by atoms with Crippen molar-refractivity contribution < 1.29 is 0 Å². The smallest absolute Gasteiger partial charge is 0.0953 e. The Morgan fingerprint density at radius 3 is 3.27 bits per heavy atom. The van der Waals surface area contributed by atoms with E-state index in [4.69, 9.17) is 0 Å². The quantitative estimate of drug-likeness (QED) is 0.496. The molecule has 0 fully saturated rings. The minimum Gasteiger partial charge on any atom is -0.285 e. The van der Waals surface area contributed by atoms with Crippen LogP contribution < -0.4 is 0 Å². The summed E-state index contributed by atoms with van der Waals surface area (Å²) in [5.41, 5.74) is 2.70. The molecular formula is C10H11N. The van der Waals surface area contributed by atoms with Crippen LogP contribution in [-0.4, -0.2) is 12.3 Å². The van der Waals surface area contributed by atoms with Crippen LogP contribution in [0.2, 0.25) is 0 Å². The highest BCUT2D eigenvalue weighted by Gasteiger charge is 2.15. The van der Waals surface area contributed by atoms with E-state index in [1.807, 2.05) is 6.21 Å². The van der Waals surface area contributed by atoms with Crippen LogP contribution in [0, 0.1) is 0 Å². The summed E-state index contributed by atoms with van der Waals surface area (Å²) in [6, 6.07) is 0.328. The summed E-state index contributed by atoms with van der Waals surface area (Å²) in [5, 5.41) is 0. The fourth-order valence-electron chi connectivity index (χ4n) is 1.49. The predicted molar refractivity (Wildman–Crippen MR) is 47.9 cm³/mol. The molecule has 1 aliphatic carbocycles.